The molecule has 118 valence electrons. The Morgan fingerprint density at radius 1 is 1.43 bits per heavy atom. The van der Waals surface area contributed by atoms with Crippen molar-refractivity contribution in [3.05, 3.63) is 34.6 Å². The fourth-order valence-corrected chi connectivity index (χ4v) is 1.84. The van der Waals surface area contributed by atoms with E-state index in [4.69, 9.17) is 16.3 Å². The third-order valence-electron chi connectivity index (χ3n) is 2.50. The molecule has 0 spiro atoms. The Bertz CT molecular complexity index is 504. The Balaban J connectivity index is 2.59. The fraction of sp³-hybridized carbons (Fsp3) is 0.500. The molecule has 7 heteroatoms. The van der Waals surface area contributed by atoms with Gasteiger partial charge >= 0.3 is 6.09 Å². The molecule has 0 saturated carbocycles. The van der Waals surface area contributed by atoms with Crippen LogP contribution in [0, 0.1) is 5.82 Å². The monoisotopic (exact) mass is 319 g/mol. The number of benzene rings is 1. The minimum absolute atomic E-state index is 0.00109. The van der Waals surface area contributed by atoms with Crippen molar-refractivity contribution in [1.29, 1.82) is 0 Å². The number of rotatable bonds is 4. The number of alkyl carbamates (subject to hydrolysis) is 1. The second-order valence-corrected chi connectivity index (χ2v) is 5.97. The molecule has 0 aromatic heterocycles. The number of carbonyl (C=O) groups is 1. The Kier molecular flexibility index (Phi) is 5.95. The summed E-state index contributed by atoms with van der Waals surface area (Å²) in [4.78, 5) is 11.4. The minimum atomic E-state index is -1.35. The summed E-state index contributed by atoms with van der Waals surface area (Å²) >= 11 is 5.80. The summed E-state index contributed by atoms with van der Waals surface area (Å²) in [7, 11) is 0. The summed E-state index contributed by atoms with van der Waals surface area (Å²) in [6, 6.07) is 3.44. The second-order valence-electron chi connectivity index (χ2n) is 5.56. The number of carbonyl (C=O) groups excluding carboxylic acids is 1. The van der Waals surface area contributed by atoms with Crippen LogP contribution in [0.15, 0.2) is 18.2 Å². The van der Waals surface area contributed by atoms with E-state index >= 15 is 0 Å². The molecular formula is C14H19ClFNO4. The van der Waals surface area contributed by atoms with Crippen molar-refractivity contribution < 1.29 is 24.1 Å². The Hall–Kier alpha value is -1.37. The van der Waals surface area contributed by atoms with Crippen LogP contribution in [0.2, 0.25) is 5.02 Å². The molecule has 0 bridgehead atoms. The summed E-state index contributed by atoms with van der Waals surface area (Å²) in [6.07, 6.45) is -3.37. The van der Waals surface area contributed by atoms with Crippen molar-refractivity contribution in [2.45, 2.75) is 38.6 Å². The van der Waals surface area contributed by atoms with Crippen LogP contribution in [0.4, 0.5) is 9.18 Å². The van der Waals surface area contributed by atoms with Crippen molar-refractivity contribution in [2.24, 2.45) is 0 Å². The van der Waals surface area contributed by atoms with Gasteiger partial charge in [0.05, 0.1) is 0 Å². The molecule has 2 atom stereocenters. The van der Waals surface area contributed by atoms with E-state index in [0.717, 1.165) is 12.1 Å². The molecule has 0 radical (unpaired) electrons. The predicted octanol–water partition coefficient (Wildman–Crippen LogP) is 2.40. The smallest absolute Gasteiger partial charge is 0.407 e. The zero-order valence-electron chi connectivity index (χ0n) is 12.1. The largest absolute Gasteiger partial charge is 0.444 e. The van der Waals surface area contributed by atoms with Crippen molar-refractivity contribution >= 4 is 17.7 Å². The first-order chi connectivity index (χ1) is 9.60. The average molecular weight is 320 g/mol. The molecule has 1 amide bonds. The van der Waals surface area contributed by atoms with Crippen LogP contribution < -0.4 is 5.32 Å². The molecule has 5 nitrogen and oxygen atoms in total. The van der Waals surface area contributed by atoms with Crippen molar-refractivity contribution in [1.82, 2.24) is 5.32 Å². The zero-order chi connectivity index (χ0) is 16.2. The lowest BCUT2D eigenvalue weighted by molar-refractivity contribution is 0.0129. The van der Waals surface area contributed by atoms with E-state index in [1.807, 2.05) is 0 Å². The number of amides is 1. The van der Waals surface area contributed by atoms with Gasteiger partial charge in [0.15, 0.2) is 0 Å². The predicted molar refractivity (Wildman–Crippen MR) is 76.6 cm³/mol. The molecule has 2 unspecified atom stereocenters. The molecule has 0 heterocycles. The third kappa shape index (κ3) is 5.87. The highest BCUT2D eigenvalue weighted by molar-refractivity contribution is 6.31. The van der Waals surface area contributed by atoms with Crippen molar-refractivity contribution in [3.63, 3.8) is 0 Å². The van der Waals surface area contributed by atoms with Crippen LogP contribution in [0.5, 0.6) is 0 Å². The van der Waals surface area contributed by atoms with Gasteiger partial charge in [-0.3, -0.25) is 0 Å². The van der Waals surface area contributed by atoms with Gasteiger partial charge in [-0.2, -0.15) is 0 Å². The van der Waals surface area contributed by atoms with Crippen LogP contribution >= 0.6 is 11.6 Å². The SMILES string of the molecule is CC(C)(C)OC(=O)NCC(O)C(O)c1ccc(F)cc1Cl. The number of ether oxygens (including phenoxy) is 1. The van der Waals surface area contributed by atoms with E-state index in [0.29, 0.717) is 0 Å². The van der Waals surface area contributed by atoms with Gasteiger partial charge in [0, 0.05) is 17.1 Å². The lowest BCUT2D eigenvalue weighted by Gasteiger charge is -2.22. The van der Waals surface area contributed by atoms with E-state index < -0.39 is 29.7 Å². The number of halogens is 2. The van der Waals surface area contributed by atoms with Gasteiger partial charge in [-0.1, -0.05) is 17.7 Å². The van der Waals surface area contributed by atoms with E-state index in [-0.39, 0.29) is 17.1 Å². The van der Waals surface area contributed by atoms with E-state index in [1.165, 1.54) is 6.07 Å². The first kappa shape index (κ1) is 17.7. The highest BCUT2D eigenvalue weighted by Gasteiger charge is 2.23. The summed E-state index contributed by atoms with van der Waals surface area (Å²) in [5.41, 5.74) is -0.481. The molecule has 0 aliphatic heterocycles. The molecule has 3 N–H and O–H groups in total. The molecule has 21 heavy (non-hydrogen) atoms. The van der Waals surface area contributed by atoms with Gasteiger partial charge in [-0.15, -0.1) is 0 Å². The van der Waals surface area contributed by atoms with Crippen molar-refractivity contribution in [3.8, 4) is 0 Å². The Labute approximate surface area is 127 Å². The van der Waals surface area contributed by atoms with Crippen LogP contribution in [-0.4, -0.2) is 34.6 Å². The number of aliphatic hydroxyl groups excluding tert-OH is 2. The van der Waals surface area contributed by atoms with Gasteiger partial charge in [-0.05, 0) is 32.9 Å². The zero-order valence-corrected chi connectivity index (χ0v) is 12.8. The molecule has 0 aliphatic rings. The average Bonchev–Trinajstić information content (AvgIpc) is 2.33. The highest BCUT2D eigenvalue weighted by atomic mass is 35.5. The first-order valence-corrected chi connectivity index (χ1v) is 6.76. The van der Waals surface area contributed by atoms with E-state index in [2.05, 4.69) is 5.32 Å². The number of aliphatic hydroxyl groups is 2. The quantitative estimate of drug-likeness (QED) is 0.796. The van der Waals surface area contributed by atoms with Crippen molar-refractivity contribution in [2.75, 3.05) is 6.54 Å². The molecule has 1 rings (SSSR count). The van der Waals surface area contributed by atoms with Crippen LogP contribution in [0.1, 0.15) is 32.4 Å². The van der Waals surface area contributed by atoms with E-state index in [1.54, 1.807) is 20.8 Å². The molecule has 0 fully saturated rings. The third-order valence-corrected chi connectivity index (χ3v) is 2.83. The fourth-order valence-electron chi connectivity index (χ4n) is 1.56. The Morgan fingerprint density at radius 2 is 2.05 bits per heavy atom. The van der Waals surface area contributed by atoms with Crippen LogP contribution in [-0.2, 0) is 4.74 Å². The van der Waals surface area contributed by atoms with Gasteiger partial charge in [0.25, 0.3) is 0 Å². The summed E-state index contributed by atoms with van der Waals surface area (Å²) in [5.74, 6) is -0.544. The van der Waals surface area contributed by atoms with Gasteiger partial charge < -0.3 is 20.3 Å². The van der Waals surface area contributed by atoms with Gasteiger partial charge in [0.1, 0.15) is 23.6 Å². The Morgan fingerprint density at radius 3 is 2.57 bits per heavy atom. The molecular weight excluding hydrogens is 301 g/mol. The van der Waals surface area contributed by atoms with Crippen LogP contribution in [0.25, 0.3) is 0 Å². The number of hydrogen-bond donors (Lipinski definition) is 3. The number of hydrogen-bond acceptors (Lipinski definition) is 4. The lowest BCUT2D eigenvalue weighted by atomic mass is 10.0. The molecule has 0 saturated heterocycles. The first-order valence-electron chi connectivity index (χ1n) is 6.38. The maximum Gasteiger partial charge on any atom is 0.407 e. The highest BCUT2D eigenvalue weighted by Crippen LogP contribution is 2.26. The maximum absolute atomic E-state index is 12.9. The topological polar surface area (TPSA) is 78.8 Å². The van der Waals surface area contributed by atoms with E-state index in [9.17, 15) is 19.4 Å². The minimum Gasteiger partial charge on any atom is -0.444 e. The van der Waals surface area contributed by atoms with Gasteiger partial charge in [0.2, 0.25) is 0 Å². The summed E-state index contributed by atoms with van der Waals surface area (Å²) in [5, 5.41) is 22.1. The normalized spacial score (nSPS) is 14.4. The molecule has 1 aromatic carbocycles. The van der Waals surface area contributed by atoms with Gasteiger partial charge in [-0.25, -0.2) is 9.18 Å². The standard InChI is InChI=1S/C14H19ClFNO4/c1-14(2,3)21-13(20)17-7-11(18)12(19)9-5-4-8(16)6-10(9)15/h4-6,11-12,18-19H,7H2,1-3H3,(H,17,20). The molecule has 1 aromatic rings. The summed E-state index contributed by atoms with van der Waals surface area (Å²) < 4.78 is 17.9. The summed E-state index contributed by atoms with van der Waals surface area (Å²) in [6.45, 7) is 4.88. The molecule has 0 aliphatic carbocycles. The maximum atomic E-state index is 12.9. The second kappa shape index (κ2) is 7.06. The number of nitrogens with one attached hydrogen (secondary N) is 1. The van der Waals surface area contributed by atoms with Crippen LogP contribution in [0.3, 0.4) is 0 Å². The lowest BCUT2D eigenvalue weighted by Crippen LogP contribution is -2.38.